The normalized spacial score (nSPS) is 18.2. The van der Waals surface area contributed by atoms with Crippen molar-refractivity contribution in [1.82, 2.24) is 5.23 Å². The molecule has 1 rings (SSSR count). The number of hydrogen-bond donors (Lipinski definition) is 1. The Kier molecular flexibility index (Phi) is 0.878. The van der Waals surface area contributed by atoms with Crippen LogP contribution in [-0.4, -0.2) is 13.7 Å². The third-order valence-electron chi connectivity index (χ3n) is 0.547. The van der Waals surface area contributed by atoms with Gasteiger partial charge in [-0.1, -0.05) is 6.82 Å². The molecule has 0 aliphatic carbocycles. The summed E-state index contributed by atoms with van der Waals surface area (Å²) >= 11 is 0. The standard InChI is InChI=1S/C2H5BN3/c1-3-4-2-5-6-2/h2,4H,1H3. The number of hydrogen-bond acceptors (Lipinski definition) is 3. The Labute approximate surface area is 37.1 Å². The molecular formula is C2H5BN3. The lowest BCUT2D eigenvalue weighted by Gasteiger charge is -1.83. The van der Waals surface area contributed by atoms with Crippen LogP contribution in [0.1, 0.15) is 0 Å². The summed E-state index contributed by atoms with van der Waals surface area (Å²) in [5, 5.41) is 10.0. The predicted molar refractivity (Wildman–Crippen MR) is 23.4 cm³/mol. The molecule has 0 aromatic carbocycles. The van der Waals surface area contributed by atoms with Crippen LogP contribution in [0, 0.1) is 0 Å². The van der Waals surface area contributed by atoms with Gasteiger partial charge in [0.1, 0.15) is 0 Å². The molecule has 1 aliphatic rings. The molecule has 0 atom stereocenters. The number of rotatable bonds is 2. The van der Waals surface area contributed by atoms with Gasteiger partial charge in [0.15, 0.2) is 0 Å². The first-order chi connectivity index (χ1) is 2.93. The van der Waals surface area contributed by atoms with Gasteiger partial charge >= 0.3 is 0 Å². The van der Waals surface area contributed by atoms with E-state index < -0.39 is 0 Å². The topological polar surface area (TPSA) is 36.8 Å². The van der Waals surface area contributed by atoms with E-state index in [0.29, 0.717) is 0 Å². The van der Waals surface area contributed by atoms with Crippen molar-refractivity contribution in [2.24, 2.45) is 10.2 Å². The van der Waals surface area contributed by atoms with Crippen molar-refractivity contribution in [3.05, 3.63) is 0 Å². The first-order valence-corrected chi connectivity index (χ1v) is 1.87. The van der Waals surface area contributed by atoms with Gasteiger partial charge in [-0.2, -0.15) is 0 Å². The molecule has 0 saturated heterocycles. The van der Waals surface area contributed by atoms with Crippen LogP contribution in [0.2, 0.25) is 6.82 Å². The number of nitrogens with one attached hydrogen (secondary N) is 1. The molecule has 6 heavy (non-hydrogen) atoms. The van der Waals surface area contributed by atoms with Crippen LogP contribution in [0.4, 0.5) is 0 Å². The second kappa shape index (κ2) is 1.38. The average Bonchev–Trinajstić information content (AvgIpc) is 2.21. The first-order valence-electron chi connectivity index (χ1n) is 1.87. The zero-order chi connectivity index (χ0) is 4.41. The van der Waals surface area contributed by atoms with E-state index in [9.17, 15) is 0 Å². The minimum absolute atomic E-state index is 0.0926. The average molecular weight is 81.9 g/mol. The third-order valence-corrected chi connectivity index (χ3v) is 0.547. The van der Waals surface area contributed by atoms with Gasteiger partial charge < -0.3 is 5.23 Å². The molecule has 0 spiro atoms. The van der Waals surface area contributed by atoms with Gasteiger partial charge in [-0.15, -0.1) is 10.2 Å². The van der Waals surface area contributed by atoms with Crippen molar-refractivity contribution in [1.29, 1.82) is 0 Å². The summed E-state index contributed by atoms with van der Waals surface area (Å²) < 4.78 is 0. The Bertz CT molecular complexity index is 65.2. The summed E-state index contributed by atoms with van der Waals surface area (Å²) in [4.78, 5) is 0. The lowest BCUT2D eigenvalue weighted by Crippen LogP contribution is -2.18. The fraction of sp³-hybridized carbons (Fsp3) is 1.00. The maximum absolute atomic E-state index is 3.57. The van der Waals surface area contributed by atoms with Crippen molar-refractivity contribution >= 4 is 7.41 Å². The smallest absolute Gasteiger partial charge is 0.223 e. The van der Waals surface area contributed by atoms with E-state index in [1.165, 1.54) is 0 Å². The monoisotopic (exact) mass is 82.1 g/mol. The molecule has 1 aliphatic heterocycles. The van der Waals surface area contributed by atoms with Crippen LogP contribution in [0.15, 0.2) is 10.2 Å². The van der Waals surface area contributed by atoms with Gasteiger partial charge in [-0.25, -0.2) is 0 Å². The quantitative estimate of drug-likeness (QED) is 0.467. The molecule has 0 fully saturated rings. The molecule has 4 heteroatoms. The molecule has 1 heterocycles. The first kappa shape index (κ1) is 3.80. The van der Waals surface area contributed by atoms with E-state index in [1.54, 1.807) is 0 Å². The zero-order valence-corrected chi connectivity index (χ0v) is 3.55. The largest absolute Gasteiger partial charge is 0.319 e. The van der Waals surface area contributed by atoms with E-state index in [4.69, 9.17) is 0 Å². The molecule has 0 aromatic heterocycles. The van der Waals surface area contributed by atoms with Crippen LogP contribution in [0.5, 0.6) is 0 Å². The molecule has 3 nitrogen and oxygen atoms in total. The second-order valence-electron chi connectivity index (χ2n) is 1.06. The SMILES string of the molecule is C[B]NC1N=N1. The Morgan fingerprint density at radius 2 is 2.33 bits per heavy atom. The fourth-order valence-corrected chi connectivity index (χ4v) is 0.249. The highest BCUT2D eigenvalue weighted by Crippen LogP contribution is 2.02. The second-order valence-corrected chi connectivity index (χ2v) is 1.06. The van der Waals surface area contributed by atoms with Crippen molar-refractivity contribution in [3.63, 3.8) is 0 Å². The highest BCUT2D eigenvalue weighted by Gasteiger charge is 2.10. The summed E-state index contributed by atoms with van der Waals surface area (Å²) in [7, 11) is 1.82. The predicted octanol–water partition coefficient (Wildman–Crippen LogP) is -0.00730. The molecule has 1 N–H and O–H groups in total. The molecule has 0 bridgehead atoms. The Hall–Kier alpha value is -0.375. The fourth-order valence-electron chi connectivity index (χ4n) is 0.249. The maximum atomic E-state index is 3.57. The zero-order valence-electron chi connectivity index (χ0n) is 3.55. The highest BCUT2D eigenvalue weighted by molar-refractivity contribution is 6.30. The van der Waals surface area contributed by atoms with Crippen LogP contribution >= 0.6 is 0 Å². The summed E-state index contributed by atoms with van der Waals surface area (Å²) in [5.41, 5.74) is 0. The van der Waals surface area contributed by atoms with Crippen molar-refractivity contribution in [2.45, 2.75) is 13.1 Å². The van der Waals surface area contributed by atoms with Gasteiger partial charge in [0, 0.05) is 0 Å². The van der Waals surface area contributed by atoms with Crippen molar-refractivity contribution < 1.29 is 0 Å². The molecule has 0 saturated carbocycles. The maximum Gasteiger partial charge on any atom is 0.223 e. The van der Waals surface area contributed by atoms with Crippen molar-refractivity contribution in [2.75, 3.05) is 0 Å². The Morgan fingerprint density at radius 1 is 1.67 bits per heavy atom. The van der Waals surface area contributed by atoms with Gasteiger partial charge in [0.05, 0.1) is 0 Å². The Morgan fingerprint density at radius 3 is 2.50 bits per heavy atom. The molecule has 1 radical (unpaired) electrons. The molecular weight excluding hydrogens is 76.9 g/mol. The molecule has 31 valence electrons. The van der Waals surface area contributed by atoms with Gasteiger partial charge in [-0.05, 0) is 0 Å². The minimum atomic E-state index is 0.0926. The lowest BCUT2D eigenvalue weighted by atomic mass is 10.0. The summed E-state index contributed by atoms with van der Waals surface area (Å²) in [6, 6.07) is 0. The Balaban J connectivity index is 1.90. The van der Waals surface area contributed by atoms with Crippen molar-refractivity contribution in [3.8, 4) is 0 Å². The van der Waals surface area contributed by atoms with E-state index >= 15 is 0 Å². The lowest BCUT2D eigenvalue weighted by molar-refractivity contribution is 0.890. The summed E-state index contributed by atoms with van der Waals surface area (Å²) in [5.74, 6) is 0. The highest BCUT2D eigenvalue weighted by atomic mass is 15.5. The summed E-state index contributed by atoms with van der Waals surface area (Å²) in [6.45, 7) is 1.91. The summed E-state index contributed by atoms with van der Waals surface area (Å²) in [6.07, 6.45) is 0.0926. The minimum Gasteiger partial charge on any atom is -0.319 e. The van der Waals surface area contributed by atoms with Gasteiger partial charge in [-0.3, -0.25) is 0 Å². The number of nitrogens with zero attached hydrogens (tertiary/aromatic N) is 2. The van der Waals surface area contributed by atoms with Crippen LogP contribution in [-0.2, 0) is 0 Å². The van der Waals surface area contributed by atoms with Crippen LogP contribution < -0.4 is 5.23 Å². The van der Waals surface area contributed by atoms with E-state index in [-0.39, 0.29) is 6.29 Å². The van der Waals surface area contributed by atoms with Crippen LogP contribution in [0.25, 0.3) is 0 Å². The van der Waals surface area contributed by atoms with Gasteiger partial charge in [0.2, 0.25) is 13.7 Å². The van der Waals surface area contributed by atoms with E-state index in [0.717, 1.165) is 0 Å². The molecule has 0 unspecified atom stereocenters. The van der Waals surface area contributed by atoms with E-state index in [1.807, 2.05) is 14.2 Å². The third kappa shape index (κ3) is 0.789. The molecule has 0 aromatic rings. The van der Waals surface area contributed by atoms with Crippen LogP contribution in [0.3, 0.4) is 0 Å². The van der Waals surface area contributed by atoms with E-state index in [2.05, 4.69) is 15.5 Å². The molecule has 0 amide bonds. The van der Waals surface area contributed by atoms with Gasteiger partial charge in [0.25, 0.3) is 0 Å².